The average molecular weight is 248 g/mol. The molecule has 2 aromatic rings. The van der Waals surface area contributed by atoms with Crippen LogP contribution in [0.2, 0.25) is 0 Å². The third-order valence-electron chi connectivity index (χ3n) is 2.92. The van der Waals surface area contributed by atoms with Gasteiger partial charge >= 0.3 is 0 Å². The van der Waals surface area contributed by atoms with Gasteiger partial charge in [-0.1, -0.05) is 26.0 Å². The van der Waals surface area contributed by atoms with Crippen molar-refractivity contribution < 1.29 is 9.50 Å². The third kappa shape index (κ3) is 2.59. The maximum atomic E-state index is 12.8. The van der Waals surface area contributed by atoms with E-state index in [1.807, 2.05) is 4.68 Å². The molecule has 96 valence electrons. The molecule has 0 amide bonds. The number of hydrogen-bond acceptors (Lipinski definition) is 2. The van der Waals surface area contributed by atoms with Gasteiger partial charge in [0, 0.05) is 11.3 Å². The highest BCUT2D eigenvalue weighted by atomic mass is 19.1. The number of aliphatic hydroxyl groups excluding tert-OH is 1. The van der Waals surface area contributed by atoms with Crippen LogP contribution in [0.15, 0.2) is 30.5 Å². The summed E-state index contributed by atoms with van der Waals surface area (Å²) < 4.78 is 14.7. The summed E-state index contributed by atoms with van der Waals surface area (Å²) in [5.74, 6) is 0.0504. The first-order valence-corrected chi connectivity index (χ1v) is 6.01. The van der Waals surface area contributed by atoms with Crippen molar-refractivity contribution in [3.05, 3.63) is 53.1 Å². The standard InChI is InChI=1S/C14H17FN2O/c1-10(2)14-12(9-18)7-16-17(14)8-11-3-5-13(15)6-4-11/h3-7,10,18H,8-9H2,1-2H3. The van der Waals surface area contributed by atoms with Crippen LogP contribution in [0.1, 0.15) is 36.6 Å². The number of hydrogen-bond donors (Lipinski definition) is 1. The molecule has 4 heteroatoms. The van der Waals surface area contributed by atoms with Crippen molar-refractivity contribution in [1.29, 1.82) is 0 Å². The zero-order chi connectivity index (χ0) is 13.1. The fraction of sp³-hybridized carbons (Fsp3) is 0.357. The predicted molar refractivity (Wildman–Crippen MR) is 67.7 cm³/mol. The van der Waals surface area contributed by atoms with Crippen molar-refractivity contribution in [3.63, 3.8) is 0 Å². The molecule has 0 aliphatic carbocycles. The monoisotopic (exact) mass is 248 g/mol. The molecule has 2 rings (SSSR count). The molecule has 18 heavy (non-hydrogen) atoms. The molecule has 0 saturated carbocycles. The van der Waals surface area contributed by atoms with Gasteiger partial charge in [-0.3, -0.25) is 4.68 Å². The Morgan fingerprint density at radius 2 is 1.94 bits per heavy atom. The second-order valence-corrected chi connectivity index (χ2v) is 4.65. The maximum Gasteiger partial charge on any atom is 0.123 e. The minimum Gasteiger partial charge on any atom is -0.392 e. The second-order valence-electron chi connectivity index (χ2n) is 4.65. The van der Waals surface area contributed by atoms with Gasteiger partial charge in [0.15, 0.2) is 0 Å². The van der Waals surface area contributed by atoms with Crippen molar-refractivity contribution in [2.24, 2.45) is 0 Å². The molecular weight excluding hydrogens is 231 g/mol. The Kier molecular flexibility index (Phi) is 3.77. The number of rotatable bonds is 4. The van der Waals surface area contributed by atoms with E-state index in [0.29, 0.717) is 6.54 Å². The van der Waals surface area contributed by atoms with Crippen LogP contribution >= 0.6 is 0 Å². The van der Waals surface area contributed by atoms with E-state index in [1.54, 1.807) is 18.3 Å². The number of aliphatic hydroxyl groups is 1. The summed E-state index contributed by atoms with van der Waals surface area (Å²) in [6.07, 6.45) is 1.69. The molecule has 3 nitrogen and oxygen atoms in total. The fourth-order valence-corrected chi connectivity index (χ4v) is 2.11. The zero-order valence-corrected chi connectivity index (χ0v) is 10.6. The van der Waals surface area contributed by atoms with Crippen molar-refractivity contribution in [2.45, 2.75) is 32.9 Å². The van der Waals surface area contributed by atoms with Crippen molar-refractivity contribution in [1.82, 2.24) is 9.78 Å². The van der Waals surface area contributed by atoms with Gasteiger partial charge in [-0.25, -0.2) is 4.39 Å². The fourth-order valence-electron chi connectivity index (χ4n) is 2.11. The van der Waals surface area contributed by atoms with Crippen LogP contribution in [-0.4, -0.2) is 14.9 Å². The summed E-state index contributed by atoms with van der Waals surface area (Å²) in [5, 5.41) is 13.6. The van der Waals surface area contributed by atoms with Crippen molar-refractivity contribution in [3.8, 4) is 0 Å². The molecule has 1 N–H and O–H groups in total. The van der Waals surface area contributed by atoms with E-state index in [2.05, 4.69) is 18.9 Å². The molecule has 0 spiro atoms. The molecule has 0 radical (unpaired) electrons. The van der Waals surface area contributed by atoms with E-state index >= 15 is 0 Å². The maximum absolute atomic E-state index is 12.8. The predicted octanol–water partition coefficient (Wildman–Crippen LogP) is 2.69. The van der Waals surface area contributed by atoms with Gasteiger partial charge in [0.05, 0.1) is 19.3 Å². The number of aromatic nitrogens is 2. The van der Waals surface area contributed by atoms with Crippen molar-refractivity contribution >= 4 is 0 Å². The van der Waals surface area contributed by atoms with Gasteiger partial charge in [0.1, 0.15) is 5.82 Å². The lowest BCUT2D eigenvalue weighted by atomic mass is 10.1. The number of nitrogens with zero attached hydrogens (tertiary/aromatic N) is 2. The molecule has 1 aromatic carbocycles. The van der Waals surface area contributed by atoms with Crippen LogP contribution in [0.5, 0.6) is 0 Å². The van der Waals surface area contributed by atoms with E-state index in [0.717, 1.165) is 16.8 Å². The first-order chi connectivity index (χ1) is 8.61. The molecule has 0 fully saturated rings. The van der Waals surface area contributed by atoms with Crippen LogP contribution in [0, 0.1) is 5.82 Å². The lowest BCUT2D eigenvalue weighted by Crippen LogP contribution is -2.09. The normalized spacial score (nSPS) is 11.2. The van der Waals surface area contributed by atoms with Gasteiger partial charge in [-0.2, -0.15) is 5.10 Å². The van der Waals surface area contributed by atoms with Gasteiger partial charge in [-0.05, 0) is 23.6 Å². The summed E-state index contributed by atoms with van der Waals surface area (Å²) in [6.45, 7) is 4.72. The van der Waals surface area contributed by atoms with E-state index in [1.165, 1.54) is 12.1 Å². The molecule has 0 aliphatic rings. The molecule has 0 unspecified atom stereocenters. The quantitative estimate of drug-likeness (QED) is 0.903. The Morgan fingerprint density at radius 1 is 1.28 bits per heavy atom. The molecule has 0 aliphatic heterocycles. The Labute approximate surface area is 106 Å². The van der Waals surface area contributed by atoms with Crippen LogP contribution in [0.3, 0.4) is 0 Å². The smallest absolute Gasteiger partial charge is 0.123 e. The lowest BCUT2D eigenvalue weighted by molar-refractivity contribution is 0.279. The summed E-state index contributed by atoms with van der Waals surface area (Å²) in [5.41, 5.74) is 2.87. The number of benzene rings is 1. The molecular formula is C14H17FN2O. The van der Waals surface area contributed by atoms with Crippen molar-refractivity contribution in [2.75, 3.05) is 0 Å². The summed E-state index contributed by atoms with van der Waals surface area (Å²) in [6, 6.07) is 6.39. The first-order valence-electron chi connectivity index (χ1n) is 6.01. The first kappa shape index (κ1) is 12.8. The van der Waals surface area contributed by atoms with E-state index in [4.69, 9.17) is 0 Å². The van der Waals surface area contributed by atoms with E-state index < -0.39 is 0 Å². The zero-order valence-electron chi connectivity index (χ0n) is 10.6. The average Bonchev–Trinajstić information content (AvgIpc) is 2.75. The molecule has 0 bridgehead atoms. The highest BCUT2D eigenvalue weighted by molar-refractivity contribution is 5.23. The van der Waals surface area contributed by atoms with Crippen LogP contribution < -0.4 is 0 Å². The Bertz CT molecular complexity index is 517. The largest absolute Gasteiger partial charge is 0.392 e. The third-order valence-corrected chi connectivity index (χ3v) is 2.92. The van der Waals surface area contributed by atoms with Crippen LogP contribution in [0.25, 0.3) is 0 Å². The number of halogens is 1. The Hall–Kier alpha value is -1.68. The highest BCUT2D eigenvalue weighted by Crippen LogP contribution is 2.20. The molecule has 1 aromatic heterocycles. The molecule has 1 heterocycles. The second kappa shape index (κ2) is 5.31. The van der Waals surface area contributed by atoms with E-state index in [9.17, 15) is 9.50 Å². The highest BCUT2D eigenvalue weighted by Gasteiger charge is 2.13. The van der Waals surface area contributed by atoms with Gasteiger partial charge in [0.25, 0.3) is 0 Å². The van der Waals surface area contributed by atoms with Gasteiger partial charge in [0.2, 0.25) is 0 Å². The molecule has 0 atom stereocenters. The summed E-state index contributed by atoms with van der Waals surface area (Å²) >= 11 is 0. The minimum atomic E-state index is -0.237. The lowest BCUT2D eigenvalue weighted by Gasteiger charge is -2.12. The van der Waals surface area contributed by atoms with Gasteiger partial charge in [-0.15, -0.1) is 0 Å². The van der Waals surface area contributed by atoms with E-state index in [-0.39, 0.29) is 18.3 Å². The summed E-state index contributed by atoms with van der Waals surface area (Å²) in [7, 11) is 0. The SMILES string of the molecule is CC(C)c1c(CO)cnn1Cc1ccc(F)cc1. The Morgan fingerprint density at radius 3 is 2.50 bits per heavy atom. The Balaban J connectivity index is 2.28. The minimum absolute atomic E-state index is 0.00304. The molecule has 0 saturated heterocycles. The van der Waals surface area contributed by atoms with Crippen LogP contribution in [0.4, 0.5) is 4.39 Å². The van der Waals surface area contributed by atoms with Gasteiger partial charge < -0.3 is 5.11 Å². The summed E-state index contributed by atoms with van der Waals surface area (Å²) in [4.78, 5) is 0. The topological polar surface area (TPSA) is 38.1 Å². The van der Waals surface area contributed by atoms with Crippen LogP contribution in [-0.2, 0) is 13.2 Å².